The zero-order valence-corrected chi connectivity index (χ0v) is 12.8. The molecule has 8 heteroatoms. The van der Waals surface area contributed by atoms with Crippen molar-refractivity contribution in [3.63, 3.8) is 0 Å². The third-order valence-electron chi connectivity index (χ3n) is 3.70. The van der Waals surface area contributed by atoms with E-state index >= 15 is 0 Å². The average Bonchev–Trinajstić information content (AvgIpc) is 3.10. The summed E-state index contributed by atoms with van der Waals surface area (Å²) in [5.74, 6) is -1.40. The molecule has 0 unspecified atom stereocenters. The fourth-order valence-electron chi connectivity index (χ4n) is 2.55. The molecule has 3 N–H and O–H groups in total. The number of H-pyrrole nitrogens is 1. The summed E-state index contributed by atoms with van der Waals surface area (Å²) in [5, 5.41) is 12.5. The third kappa shape index (κ3) is 2.63. The topological polar surface area (TPSA) is 112 Å². The van der Waals surface area contributed by atoms with Gasteiger partial charge in [-0.15, -0.1) is 0 Å². The molecule has 3 rings (SSSR count). The van der Waals surface area contributed by atoms with E-state index in [9.17, 15) is 14.4 Å². The molecular formula is C16H15N3O5. The van der Waals surface area contributed by atoms with Crippen molar-refractivity contribution in [2.75, 3.05) is 25.6 Å². The van der Waals surface area contributed by atoms with E-state index in [4.69, 9.17) is 9.84 Å². The number of hydrogen-bond donors (Lipinski definition) is 3. The number of aliphatic hydroxyl groups is 1. The van der Waals surface area contributed by atoms with Crippen molar-refractivity contribution in [1.29, 1.82) is 0 Å². The van der Waals surface area contributed by atoms with Crippen molar-refractivity contribution in [3.8, 4) is 0 Å². The fraction of sp³-hybridized carbons (Fsp3) is 0.188. The van der Waals surface area contributed by atoms with E-state index in [1.165, 1.54) is 13.2 Å². The standard InChI is InChI=1S/C16H15N3O5/c1-24-16(23)11-8-17-12-6-9(2-3-10(11)12)18-13-7-14(21)19(4-5-20)15(13)22/h2-3,6-8,17-18,20H,4-5H2,1H3. The highest BCUT2D eigenvalue weighted by Gasteiger charge is 2.30. The second-order valence-corrected chi connectivity index (χ2v) is 5.16. The number of carbonyl (C=O) groups is 3. The number of nitrogens with one attached hydrogen (secondary N) is 2. The number of amides is 2. The molecule has 0 spiro atoms. The molecule has 1 aromatic carbocycles. The molecule has 0 bridgehead atoms. The molecule has 2 amide bonds. The Morgan fingerprint density at radius 1 is 1.38 bits per heavy atom. The van der Waals surface area contributed by atoms with Gasteiger partial charge < -0.3 is 20.1 Å². The molecule has 1 aliphatic rings. The van der Waals surface area contributed by atoms with Crippen molar-refractivity contribution in [3.05, 3.63) is 41.7 Å². The zero-order chi connectivity index (χ0) is 17.3. The molecule has 0 aliphatic carbocycles. The highest BCUT2D eigenvalue weighted by molar-refractivity contribution is 6.17. The summed E-state index contributed by atoms with van der Waals surface area (Å²) in [6.07, 6.45) is 2.74. The minimum absolute atomic E-state index is 0.0441. The number of hydrogen-bond acceptors (Lipinski definition) is 6. The van der Waals surface area contributed by atoms with Crippen LogP contribution in [0, 0.1) is 0 Å². The molecule has 24 heavy (non-hydrogen) atoms. The smallest absolute Gasteiger partial charge is 0.340 e. The lowest BCUT2D eigenvalue weighted by molar-refractivity contribution is -0.137. The SMILES string of the molecule is COC(=O)c1c[nH]c2cc(NC3=CC(=O)N(CCO)C3=O)ccc12. The van der Waals surface area contributed by atoms with E-state index in [2.05, 4.69) is 10.3 Å². The van der Waals surface area contributed by atoms with Gasteiger partial charge in [-0.3, -0.25) is 14.5 Å². The van der Waals surface area contributed by atoms with E-state index in [1.807, 2.05) is 0 Å². The number of methoxy groups -OCH3 is 1. The summed E-state index contributed by atoms with van der Waals surface area (Å²) in [7, 11) is 1.31. The summed E-state index contributed by atoms with van der Waals surface area (Å²) in [4.78, 5) is 39.4. The van der Waals surface area contributed by atoms with Crippen LogP contribution in [0.3, 0.4) is 0 Å². The molecule has 2 heterocycles. The van der Waals surface area contributed by atoms with Gasteiger partial charge in [0.2, 0.25) is 0 Å². The van der Waals surface area contributed by atoms with Crippen LogP contribution in [0.15, 0.2) is 36.2 Å². The van der Waals surface area contributed by atoms with Crippen LogP contribution in [0.25, 0.3) is 10.9 Å². The normalized spacial score (nSPS) is 14.2. The van der Waals surface area contributed by atoms with Gasteiger partial charge in [0.25, 0.3) is 11.8 Å². The first-order valence-electron chi connectivity index (χ1n) is 7.20. The summed E-state index contributed by atoms with van der Waals surface area (Å²) >= 11 is 0. The van der Waals surface area contributed by atoms with Crippen molar-refractivity contribution >= 4 is 34.4 Å². The number of benzene rings is 1. The molecule has 0 fully saturated rings. The van der Waals surface area contributed by atoms with Crippen molar-refractivity contribution in [2.24, 2.45) is 0 Å². The number of anilines is 1. The summed E-state index contributed by atoms with van der Waals surface area (Å²) in [6.45, 7) is -0.333. The van der Waals surface area contributed by atoms with Gasteiger partial charge in [-0.2, -0.15) is 0 Å². The van der Waals surface area contributed by atoms with E-state index in [0.29, 0.717) is 22.2 Å². The quantitative estimate of drug-likeness (QED) is 0.547. The van der Waals surface area contributed by atoms with Gasteiger partial charge in [-0.25, -0.2) is 4.79 Å². The Balaban J connectivity index is 1.84. The van der Waals surface area contributed by atoms with E-state index in [-0.39, 0.29) is 18.8 Å². The summed E-state index contributed by atoms with van der Waals surface area (Å²) in [6, 6.07) is 5.12. The van der Waals surface area contributed by atoms with Crippen LogP contribution in [0.2, 0.25) is 0 Å². The predicted octanol–water partition coefficient (Wildman–Crippen LogP) is 0.611. The molecule has 124 valence electrons. The lowest BCUT2D eigenvalue weighted by Gasteiger charge is -2.13. The second kappa shape index (κ2) is 6.17. The monoisotopic (exact) mass is 329 g/mol. The van der Waals surface area contributed by atoms with Crippen LogP contribution < -0.4 is 5.32 Å². The number of aromatic amines is 1. The predicted molar refractivity (Wildman–Crippen MR) is 85.1 cm³/mol. The van der Waals surface area contributed by atoms with Crippen LogP contribution in [-0.2, 0) is 14.3 Å². The van der Waals surface area contributed by atoms with Crippen LogP contribution in [0.1, 0.15) is 10.4 Å². The second-order valence-electron chi connectivity index (χ2n) is 5.16. The van der Waals surface area contributed by atoms with Gasteiger partial charge in [0.15, 0.2) is 0 Å². The maximum Gasteiger partial charge on any atom is 0.340 e. The number of nitrogens with zero attached hydrogens (tertiary/aromatic N) is 1. The highest BCUT2D eigenvalue weighted by atomic mass is 16.5. The Kier molecular flexibility index (Phi) is 4.05. The Morgan fingerprint density at radius 3 is 2.88 bits per heavy atom. The Bertz CT molecular complexity index is 868. The number of β-amino-alcohol motifs (C(OH)–C–C–N with tert-alkyl or cyclic N) is 1. The molecule has 0 saturated heterocycles. The van der Waals surface area contributed by atoms with Gasteiger partial charge in [0.05, 0.1) is 25.8 Å². The van der Waals surface area contributed by atoms with Crippen molar-refractivity contribution in [1.82, 2.24) is 9.88 Å². The fourth-order valence-corrected chi connectivity index (χ4v) is 2.55. The molecular weight excluding hydrogens is 314 g/mol. The van der Waals surface area contributed by atoms with Crippen molar-refractivity contribution in [2.45, 2.75) is 0 Å². The van der Waals surface area contributed by atoms with Gasteiger partial charge in [-0.05, 0) is 18.2 Å². The Morgan fingerprint density at radius 2 is 2.17 bits per heavy atom. The molecule has 0 radical (unpaired) electrons. The summed E-state index contributed by atoms with van der Waals surface area (Å²) in [5.41, 5.74) is 1.82. The number of esters is 1. The maximum absolute atomic E-state index is 12.1. The number of rotatable bonds is 5. The average molecular weight is 329 g/mol. The lowest BCUT2D eigenvalue weighted by atomic mass is 10.1. The van der Waals surface area contributed by atoms with E-state index in [1.54, 1.807) is 24.4 Å². The Labute approximate surface area is 136 Å². The third-order valence-corrected chi connectivity index (χ3v) is 3.70. The highest BCUT2D eigenvalue weighted by Crippen LogP contribution is 2.24. The van der Waals surface area contributed by atoms with Crippen LogP contribution in [0.5, 0.6) is 0 Å². The molecule has 2 aromatic rings. The van der Waals surface area contributed by atoms with Gasteiger partial charge >= 0.3 is 5.97 Å². The molecule has 8 nitrogen and oxygen atoms in total. The Hall–Kier alpha value is -3.13. The molecule has 1 aromatic heterocycles. The minimum atomic E-state index is -0.490. The van der Waals surface area contributed by atoms with Crippen molar-refractivity contribution < 1.29 is 24.2 Å². The molecule has 0 saturated carbocycles. The zero-order valence-electron chi connectivity index (χ0n) is 12.8. The largest absolute Gasteiger partial charge is 0.465 e. The first kappa shape index (κ1) is 15.8. The summed E-state index contributed by atoms with van der Waals surface area (Å²) < 4.78 is 4.71. The van der Waals surface area contributed by atoms with Crippen LogP contribution >= 0.6 is 0 Å². The van der Waals surface area contributed by atoms with Gasteiger partial charge in [-0.1, -0.05) is 0 Å². The molecule has 1 aliphatic heterocycles. The number of imide groups is 1. The van der Waals surface area contributed by atoms with Crippen LogP contribution in [0.4, 0.5) is 5.69 Å². The number of aliphatic hydroxyl groups excluding tert-OH is 1. The first-order valence-corrected chi connectivity index (χ1v) is 7.20. The minimum Gasteiger partial charge on any atom is -0.465 e. The number of fused-ring (bicyclic) bond motifs is 1. The first-order chi connectivity index (χ1) is 11.5. The van der Waals surface area contributed by atoms with Crippen LogP contribution in [-0.4, -0.2) is 53.0 Å². The molecule has 0 atom stereocenters. The number of ether oxygens (including phenoxy) is 1. The van der Waals surface area contributed by atoms with Gasteiger partial charge in [0.1, 0.15) is 5.70 Å². The number of carbonyl (C=O) groups excluding carboxylic acids is 3. The lowest BCUT2D eigenvalue weighted by Crippen LogP contribution is -2.34. The van der Waals surface area contributed by atoms with Gasteiger partial charge in [0, 0.05) is 28.9 Å². The van der Waals surface area contributed by atoms with E-state index in [0.717, 1.165) is 4.90 Å². The van der Waals surface area contributed by atoms with E-state index < -0.39 is 17.8 Å². The number of aromatic nitrogens is 1. The maximum atomic E-state index is 12.1.